The van der Waals surface area contributed by atoms with Gasteiger partial charge in [0.2, 0.25) is 17.7 Å². The SMILES string of the molecule is NC(=O)CN1CCC(NC(=O)[C@H]2CC(=O)N(Cc3ccccc3Cl)C2)CC1. The molecular weight excluding hydrogens is 368 g/mol. The number of likely N-dealkylation sites (tertiary alicyclic amines) is 2. The van der Waals surface area contributed by atoms with Crippen molar-refractivity contribution in [3.63, 3.8) is 0 Å². The van der Waals surface area contributed by atoms with Gasteiger partial charge in [-0.3, -0.25) is 19.3 Å². The molecule has 2 heterocycles. The molecule has 0 aromatic heterocycles. The summed E-state index contributed by atoms with van der Waals surface area (Å²) in [5.74, 6) is -0.756. The Bertz CT molecular complexity index is 719. The van der Waals surface area contributed by atoms with Crippen molar-refractivity contribution >= 4 is 29.3 Å². The van der Waals surface area contributed by atoms with Gasteiger partial charge in [-0.15, -0.1) is 0 Å². The van der Waals surface area contributed by atoms with E-state index in [2.05, 4.69) is 5.32 Å². The first-order valence-electron chi connectivity index (χ1n) is 9.24. The van der Waals surface area contributed by atoms with Gasteiger partial charge in [-0.2, -0.15) is 0 Å². The Morgan fingerprint density at radius 1 is 1.22 bits per heavy atom. The molecule has 0 bridgehead atoms. The number of benzene rings is 1. The fraction of sp³-hybridized carbons (Fsp3) is 0.526. The Balaban J connectivity index is 1.48. The van der Waals surface area contributed by atoms with Crippen LogP contribution >= 0.6 is 11.6 Å². The molecule has 2 aliphatic heterocycles. The minimum absolute atomic E-state index is 0.0219. The number of nitrogens with two attached hydrogens (primary N) is 1. The molecular formula is C19H25ClN4O3. The standard InChI is InChI=1S/C19H25ClN4O3/c20-16-4-2-1-3-13(16)10-24-11-14(9-18(24)26)19(27)22-15-5-7-23(8-6-15)12-17(21)25/h1-4,14-15H,5-12H2,(H2,21,25)(H,22,27)/t14-/m0/s1. The second kappa shape index (κ2) is 8.71. The molecule has 7 nitrogen and oxygen atoms in total. The van der Waals surface area contributed by atoms with E-state index in [0.29, 0.717) is 18.1 Å². The number of amides is 3. The molecule has 1 atom stereocenters. The van der Waals surface area contributed by atoms with Gasteiger partial charge in [0.1, 0.15) is 0 Å². The Hall–Kier alpha value is -2.12. The molecule has 2 aliphatic rings. The molecule has 1 aromatic carbocycles. The minimum atomic E-state index is -0.333. The Morgan fingerprint density at radius 2 is 1.93 bits per heavy atom. The number of primary amides is 1. The summed E-state index contributed by atoms with van der Waals surface area (Å²) in [6.07, 6.45) is 1.79. The summed E-state index contributed by atoms with van der Waals surface area (Å²) in [6.45, 7) is 2.56. The molecule has 2 fully saturated rings. The lowest BCUT2D eigenvalue weighted by Gasteiger charge is -2.32. The number of hydrogen-bond acceptors (Lipinski definition) is 4. The zero-order chi connectivity index (χ0) is 19.4. The summed E-state index contributed by atoms with van der Waals surface area (Å²) >= 11 is 6.17. The van der Waals surface area contributed by atoms with Gasteiger partial charge in [0.15, 0.2) is 0 Å². The van der Waals surface area contributed by atoms with Crippen LogP contribution in [0.5, 0.6) is 0 Å². The van der Waals surface area contributed by atoms with E-state index in [0.717, 1.165) is 31.5 Å². The Morgan fingerprint density at radius 3 is 2.59 bits per heavy atom. The summed E-state index contributed by atoms with van der Waals surface area (Å²) in [7, 11) is 0. The molecule has 8 heteroatoms. The third-order valence-corrected chi connectivity index (χ3v) is 5.59. The van der Waals surface area contributed by atoms with Crippen LogP contribution in [0.15, 0.2) is 24.3 Å². The summed E-state index contributed by atoms with van der Waals surface area (Å²) in [5, 5.41) is 3.69. The highest BCUT2D eigenvalue weighted by Gasteiger charge is 2.35. The number of rotatable bonds is 6. The first-order valence-corrected chi connectivity index (χ1v) is 9.62. The zero-order valence-electron chi connectivity index (χ0n) is 15.2. The highest BCUT2D eigenvalue weighted by molar-refractivity contribution is 6.31. The third kappa shape index (κ3) is 5.20. The number of nitrogens with zero attached hydrogens (tertiary/aromatic N) is 2. The van der Waals surface area contributed by atoms with Gasteiger partial charge in [0, 0.05) is 43.7 Å². The lowest BCUT2D eigenvalue weighted by Crippen LogP contribution is -2.48. The first kappa shape index (κ1) is 19.6. The summed E-state index contributed by atoms with van der Waals surface area (Å²) in [4.78, 5) is 39.5. The van der Waals surface area contributed by atoms with E-state index >= 15 is 0 Å². The van der Waals surface area contributed by atoms with Crippen LogP contribution in [0, 0.1) is 5.92 Å². The normalized spacial score (nSPS) is 21.4. The van der Waals surface area contributed by atoms with E-state index in [9.17, 15) is 14.4 Å². The summed E-state index contributed by atoms with van der Waals surface area (Å²) in [5.41, 5.74) is 6.10. The lowest BCUT2D eigenvalue weighted by atomic mass is 10.0. The fourth-order valence-electron chi connectivity index (χ4n) is 3.71. The van der Waals surface area contributed by atoms with Crippen LogP contribution in [0.4, 0.5) is 0 Å². The third-order valence-electron chi connectivity index (χ3n) is 5.22. The number of carbonyl (C=O) groups excluding carboxylic acids is 3. The monoisotopic (exact) mass is 392 g/mol. The van der Waals surface area contributed by atoms with Crippen LogP contribution in [0.3, 0.4) is 0 Å². The maximum atomic E-state index is 12.6. The smallest absolute Gasteiger partial charge is 0.231 e. The second-order valence-electron chi connectivity index (χ2n) is 7.29. The summed E-state index contributed by atoms with van der Waals surface area (Å²) in [6, 6.07) is 7.50. The summed E-state index contributed by atoms with van der Waals surface area (Å²) < 4.78 is 0. The van der Waals surface area contributed by atoms with Crippen molar-refractivity contribution in [1.29, 1.82) is 0 Å². The molecule has 0 saturated carbocycles. The van der Waals surface area contributed by atoms with Crippen molar-refractivity contribution in [3.05, 3.63) is 34.9 Å². The van der Waals surface area contributed by atoms with E-state index in [-0.39, 0.29) is 42.6 Å². The molecule has 0 unspecified atom stereocenters. The van der Waals surface area contributed by atoms with Crippen LogP contribution in [-0.4, -0.2) is 59.7 Å². The van der Waals surface area contributed by atoms with Crippen molar-refractivity contribution < 1.29 is 14.4 Å². The lowest BCUT2D eigenvalue weighted by molar-refractivity contribution is -0.129. The topological polar surface area (TPSA) is 95.7 Å². The second-order valence-corrected chi connectivity index (χ2v) is 7.70. The van der Waals surface area contributed by atoms with Crippen molar-refractivity contribution in [2.45, 2.75) is 31.8 Å². The number of nitrogens with one attached hydrogen (secondary N) is 1. The Kier molecular flexibility index (Phi) is 6.34. The first-order chi connectivity index (χ1) is 12.9. The molecule has 1 aromatic rings. The van der Waals surface area contributed by atoms with E-state index in [1.807, 2.05) is 23.1 Å². The van der Waals surface area contributed by atoms with Gasteiger partial charge >= 0.3 is 0 Å². The van der Waals surface area contributed by atoms with Gasteiger partial charge in [-0.1, -0.05) is 29.8 Å². The Labute approximate surface area is 163 Å². The zero-order valence-corrected chi connectivity index (χ0v) is 16.0. The molecule has 3 N–H and O–H groups in total. The van der Waals surface area contributed by atoms with Crippen molar-refractivity contribution in [3.8, 4) is 0 Å². The average Bonchev–Trinajstić information content (AvgIpc) is 2.99. The predicted molar refractivity (Wildman–Crippen MR) is 102 cm³/mol. The molecule has 0 spiro atoms. The molecule has 0 radical (unpaired) electrons. The van der Waals surface area contributed by atoms with Gasteiger partial charge < -0.3 is 16.0 Å². The van der Waals surface area contributed by atoms with Gasteiger partial charge in [0.05, 0.1) is 12.5 Å². The molecule has 3 amide bonds. The number of carbonyl (C=O) groups is 3. The van der Waals surface area contributed by atoms with Crippen LogP contribution in [0.2, 0.25) is 5.02 Å². The molecule has 3 rings (SSSR count). The van der Waals surface area contributed by atoms with Gasteiger partial charge in [-0.25, -0.2) is 0 Å². The van der Waals surface area contributed by atoms with E-state index in [4.69, 9.17) is 17.3 Å². The van der Waals surface area contributed by atoms with Gasteiger partial charge in [-0.05, 0) is 24.5 Å². The van der Waals surface area contributed by atoms with Crippen LogP contribution in [-0.2, 0) is 20.9 Å². The minimum Gasteiger partial charge on any atom is -0.369 e. The highest BCUT2D eigenvalue weighted by atomic mass is 35.5. The quantitative estimate of drug-likeness (QED) is 0.746. The maximum absolute atomic E-state index is 12.6. The van der Waals surface area contributed by atoms with E-state index in [1.165, 1.54) is 0 Å². The molecule has 27 heavy (non-hydrogen) atoms. The average molecular weight is 393 g/mol. The van der Waals surface area contributed by atoms with Gasteiger partial charge in [0.25, 0.3) is 0 Å². The molecule has 2 saturated heterocycles. The number of halogens is 1. The number of hydrogen-bond donors (Lipinski definition) is 2. The van der Waals surface area contributed by atoms with Crippen LogP contribution in [0.1, 0.15) is 24.8 Å². The molecule has 146 valence electrons. The van der Waals surface area contributed by atoms with Crippen molar-refractivity contribution in [1.82, 2.24) is 15.1 Å². The van der Waals surface area contributed by atoms with Crippen molar-refractivity contribution in [2.75, 3.05) is 26.2 Å². The molecule has 0 aliphatic carbocycles. The largest absolute Gasteiger partial charge is 0.369 e. The van der Waals surface area contributed by atoms with Crippen LogP contribution < -0.4 is 11.1 Å². The van der Waals surface area contributed by atoms with Crippen LogP contribution in [0.25, 0.3) is 0 Å². The fourth-order valence-corrected chi connectivity index (χ4v) is 3.90. The van der Waals surface area contributed by atoms with E-state index in [1.54, 1.807) is 11.0 Å². The highest BCUT2D eigenvalue weighted by Crippen LogP contribution is 2.24. The number of piperidine rings is 1. The van der Waals surface area contributed by atoms with E-state index < -0.39 is 0 Å². The predicted octanol–water partition coefficient (Wildman–Crippen LogP) is 0.754. The van der Waals surface area contributed by atoms with Crippen molar-refractivity contribution in [2.24, 2.45) is 11.7 Å². The maximum Gasteiger partial charge on any atom is 0.231 e.